The molecule has 3 heteroatoms. The van der Waals surface area contributed by atoms with Crippen molar-refractivity contribution in [2.24, 2.45) is 5.73 Å². The van der Waals surface area contributed by atoms with Gasteiger partial charge in [0.25, 0.3) is 0 Å². The van der Waals surface area contributed by atoms with Crippen molar-refractivity contribution >= 4 is 0 Å². The number of rotatable bonds is 3. The van der Waals surface area contributed by atoms with Crippen LogP contribution in [0.4, 0.5) is 0 Å². The largest absolute Gasteiger partial charge is 0.389 e. The molecule has 1 rings (SSSR count). The molecule has 0 aliphatic carbocycles. The maximum absolute atomic E-state index is 9.76. The standard InChI is InChI=1S/C11H17NO2/c1-7-4-3-5-9(8(7)2)11(14)10(13)6-12/h3-5,10-11,13-14H,6,12H2,1-2H3. The van der Waals surface area contributed by atoms with Crippen molar-refractivity contribution in [2.45, 2.75) is 26.1 Å². The summed E-state index contributed by atoms with van der Waals surface area (Å²) in [6.45, 7) is 3.96. The molecule has 1 aromatic carbocycles. The van der Waals surface area contributed by atoms with Gasteiger partial charge in [-0.25, -0.2) is 0 Å². The highest BCUT2D eigenvalue weighted by molar-refractivity contribution is 5.35. The Morgan fingerprint density at radius 3 is 2.50 bits per heavy atom. The molecule has 4 N–H and O–H groups in total. The lowest BCUT2D eigenvalue weighted by molar-refractivity contribution is 0.0239. The molecular weight excluding hydrogens is 178 g/mol. The van der Waals surface area contributed by atoms with Crippen LogP contribution in [0, 0.1) is 13.8 Å². The molecule has 0 spiro atoms. The first-order valence-electron chi connectivity index (χ1n) is 4.70. The van der Waals surface area contributed by atoms with Gasteiger partial charge in [0.05, 0.1) is 6.10 Å². The van der Waals surface area contributed by atoms with Crippen molar-refractivity contribution in [3.8, 4) is 0 Å². The predicted octanol–water partition coefficient (Wildman–Crippen LogP) is 0.656. The van der Waals surface area contributed by atoms with E-state index in [-0.39, 0.29) is 6.54 Å². The molecule has 0 aliphatic rings. The summed E-state index contributed by atoms with van der Waals surface area (Å²) in [7, 11) is 0. The number of aryl methyl sites for hydroxylation is 1. The lowest BCUT2D eigenvalue weighted by Gasteiger charge is -2.19. The van der Waals surface area contributed by atoms with Crippen LogP contribution in [-0.2, 0) is 0 Å². The van der Waals surface area contributed by atoms with Gasteiger partial charge >= 0.3 is 0 Å². The van der Waals surface area contributed by atoms with Gasteiger partial charge in [0.1, 0.15) is 6.10 Å². The summed E-state index contributed by atoms with van der Waals surface area (Å²) in [5.41, 5.74) is 8.15. The summed E-state index contributed by atoms with van der Waals surface area (Å²) in [4.78, 5) is 0. The Kier molecular flexibility index (Phi) is 3.63. The van der Waals surface area contributed by atoms with E-state index >= 15 is 0 Å². The van der Waals surface area contributed by atoms with Crippen LogP contribution < -0.4 is 5.73 Å². The Morgan fingerprint density at radius 1 is 1.29 bits per heavy atom. The van der Waals surface area contributed by atoms with E-state index in [1.165, 1.54) is 0 Å². The minimum absolute atomic E-state index is 0.0640. The zero-order chi connectivity index (χ0) is 10.7. The smallest absolute Gasteiger partial charge is 0.106 e. The average Bonchev–Trinajstić information content (AvgIpc) is 2.20. The van der Waals surface area contributed by atoms with Gasteiger partial charge in [-0.3, -0.25) is 0 Å². The fraction of sp³-hybridized carbons (Fsp3) is 0.455. The summed E-state index contributed by atoms with van der Waals surface area (Å²) in [6, 6.07) is 5.65. The van der Waals surface area contributed by atoms with Crippen LogP contribution in [0.3, 0.4) is 0 Å². The molecule has 3 nitrogen and oxygen atoms in total. The average molecular weight is 195 g/mol. The van der Waals surface area contributed by atoms with E-state index < -0.39 is 12.2 Å². The number of aliphatic hydroxyl groups excluding tert-OH is 2. The number of nitrogens with two attached hydrogens (primary N) is 1. The highest BCUT2D eigenvalue weighted by atomic mass is 16.3. The quantitative estimate of drug-likeness (QED) is 0.663. The van der Waals surface area contributed by atoms with Crippen molar-refractivity contribution in [1.82, 2.24) is 0 Å². The van der Waals surface area contributed by atoms with Crippen LogP contribution in [0.1, 0.15) is 22.8 Å². The Balaban J connectivity index is 3.01. The third kappa shape index (κ3) is 2.12. The zero-order valence-electron chi connectivity index (χ0n) is 8.57. The van der Waals surface area contributed by atoms with Crippen LogP contribution in [0.15, 0.2) is 18.2 Å². The molecular formula is C11H17NO2. The second-order valence-corrected chi connectivity index (χ2v) is 3.54. The number of aliphatic hydroxyl groups is 2. The van der Waals surface area contributed by atoms with Crippen molar-refractivity contribution in [3.05, 3.63) is 34.9 Å². The molecule has 0 aromatic heterocycles. The molecule has 14 heavy (non-hydrogen) atoms. The Hall–Kier alpha value is -0.900. The highest BCUT2D eigenvalue weighted by Gasteiger charge is 2.18. The molecule has 2 unspecified atom stereocenters. The molecule has 1 aromatic rings. The van der Waals surface area contributed by atoms with Gasteiger partial charge in [-0.2, -0.15) is 0 Å². The van der Waals surface area contributed by atoms with E-state index in [0.29, 0.717) is 0 Å². The topological polar surface area (TPSA) is 66.5 Å². The van der Waals surface area contributed by atoms with Gasteiger partial charge in [0, 0.05) is 6.54 Å². The first-order valence-corrected chi connectivity index (χ1v) is 4.70. The van der Waals surface area contributed by atoms with E-state index in [1.54, 1.807) is 0 Å². The maximum atomic E-state index is 9.76. The molecule has 0 saturated heterocycles. The maximum Gasteiger partial charge on any atom is 0.106 e. The normalized spacial score (nSPS) is 15.2. The lowest BCUT2D eigenvalue weighted by atomic mass is 9.96. The van der Waals surface area contributed by atoms with Crippen molar-refractivity contribution in [3.63, 3.8) is 0 Å². The summed E-state index contributed by atoms with van der Waals surface area (Å²) in [5, 5.41) is 19.2. The number of hydrogen-bond donors (Lipinski definition) is 3. The van der Waals surface area contributed by atoms with E-state index in [0.717, 1.165) is 16.7 Å². The van der Waals surface area contributed by atoms with Crippen molar-refractivity contribution in [2.75, 3.05) is 6.54 Å². The monoisotopic (exact) mass is 195 g/mol. The van der Waals surface area contributed by atoms with Crippen LogP contribution in [0.25, 0.3) is 0 Å². The first-order chi connectivity index (χ1) is 6.57. The number of hydrogen-bond acceptors (Lipinski definition) is 3. The van der Waals surface area contributed by atoms with E-state index in [1.807, 2.05) is 32.0 Å². The fourth-order valence-corrected chi connectivity index (χ4v) is 1.43. The summed E-state index contributed by atoms with van der Waals surface area (Å²) >= 11 is 0. The summed E-state index contributed by atoms with van der Waals surface area (Å²) in [6.07, 6.45) is -1.78. The van der Waals surface area contributed by atoms with Crippen LogP contribution >= 0.6 is 0 Å². The first kappa shape index (κ1) is 11.2. The Morgan fingerprint density at radius 2 is 1.93 bits per heavy atom. The van der Waals surface area contributed by atoms with Gasteiger partial charge in [0.15, 0.2) is 0 Å². The van der Waals surface area contributed by atoms with E-state index in [4.69, 9.17) is 5.73 Å². The Labute approximate surface area is 84.2 Å². The van der Waals surface area contributed by atoms with Crippen LogP contribution in [0.2, 0.25) is 0 Å². The molecule has 0 radical (unpaired) electrons. The molecule has 0 aliphatic heterocycles. The van der Waals surface area contributed by atoms with Gasteiger partial charge in [0.2, 0.25) is 0 Å². The minimum Gasteiger partial charge on any atom is -0.389 e. The minimum atomic E-state index is -0.893. The highest BCUT2D eigenvalue weighted by Crippen LogP contribution is 2.22. The van der Waals surface area contributed by atoms with Crippen molar-refractivity contribution in [1.29, 1.82) is 0 Å². The van der Waals surface area contributed by atoms with Gasteiger partial charge in [-0.1, -0.05) is 18.2 Å². The van der Waals surface area contributed by atoms with Crippen LogP contribution in [0.5, 0.6) is 0 Å². The second-order valence-electron chi connectivity index (χ2n) is 3.54. The van der Waals surface area contributed by atoms with E-state index in [2.05, 4.69) is 0 Å². The van der Waals surface area contributed by atoms with Gasteiger partial charge in [-0.15, -0.1) is 0 Å². The predicted molar refractivity (Wildman–Crippen MR) is 55.9 cm³/mol. The molecule has 0 saturated carbocycles. The molecule has 0 amide bonds. The number of benzene rings is 1. The SMILES string of the molecule is Cc1cccc(C(O)C(O)CN)c1C. The van der Waals surface area contributed by atoms with Gasteiger partial charge in [-0.05, 0) is 30.5 Å². The molecule has 0 heterocycles. The lowest BCUT2D eigenvalue weighted by Crippen LogP contribution is -2.27. The molecule has 2 atom stereocenters. The fourth-order valence-electron chi connectivity index (χ4n) is 1.43. The third-order valence-electron chi connectivity index (χ3n) is 2.57. The Bertz CT molecular complexity index is 312. The summed E-state index contributed by atoms with van der Waals surface area (Å²) < 4.78 is 0. The van der Waals surface area contributed by atoms with Crippen LogP contribution in [-0.4, -0.2) is 22.9 Å². The third-order valence-corrected chi connectivity index (χ3v) is 2.57. The second kappa shape index (κ2) is 4.55. The van der Waals surface area contributed by atoms with Crippen molar-refractivity contribution < 1.29 is 10.2 Å². The zero-order valence-corrected chi connectivity index (χ0v) is 8.57. The van der Waals surface area contributed by atoms with Gasteiger partial charge < -0.3 is 15.9 Å². The van der Waals surface area contributed by atoms with E-state index in [9.17, 15) is 10.2 Å². The summed E-state index contributed by atoms with van der Waals surface area (Å²) in [5.74, 6) is 0. The molecule has 78 valence electrons. The molecule has 0 fully saturated rings. The molecule has 0 bridgehead atoms.